The van der Waals surface area contributed by atoms with Gasteiger partial charge in [-0.2, -0.15) is 5.10 Å². The Hall–Kier alpha value is -2.23. The van der Waals surface area contributed by atoms with Crippen molar-refractivity contribution in [3.63, 3.8) is 0 Å². The topological polar surface area (TPSA) is 97.3 Å². The highest BCUT2D eigenvalue weighted by Crippen LogP contribution is 2.28. The van der Waals surface area contributed by atoms with Gasteiger partial charge in [0.05, 0.1) is 4.88 Å². The number of anilines is 1. The van der Waals surface area contributed by atoms with Crippen LogP contribution in [0.5, 0.6) is 0 Å². The summed E-state index contributed by atoms with van der Waals surface area (Å²) in [6.45, 7) is 1.97. The van der Waals surface area contributed by atoms with Crippen LogP contribution in [0, 0.1) is 0 Å². The average Bonchev–Trinajstić information content (AvgIpc) is 3.23. The van der Waals surface area contributed by atoms with Crippen molar-refractivity contribution < 1.29 is 14.3 Å². The molecule has 0 radical (unpaired) electrons. The number of carbonyl (C=O) groups is 2. The van der Waals surface area contributed by atoms with E-state index in [0.717, 1.165) is 17.0 Å². The van der Waals surface area contributed by atoms with E-state index >= 15 is 0 Å². The molecule has 1 aliphatic rings. The first-order valence-corrected chi connectivity index (χ1v) is 8.96. The molecule has 0 aromatic carbocycles. The number of nitrogens with zero attached hydrogens (tertiary/aromatic N) is 2. The van der Waals surface area contributed by atoms with E-state index in [1.807, 2.05) is 24.4 Å². The minimum Gasteiger partial charge on any atom is -0.375 e. The van der Waals surface area contributed by atoms with Gasteiger partial charge in [-0.25, -0.2) is 4.68 Å². The van der Waals surface area contributed by atoms with Crippen molar-refractivity contribution >= 4 is 29.0 Å². The van der Waals surface area contributed by atoms with Gasteiger partial charge in [-0.3, -0.25) is 14.9 Å². The van der Waals surface area contributed by atoms with E-state index in [1.165, 1.54) is 7.11 Å². The standard InChI is InChI=1S/C16H21N5O3S/c1-3-10-7-14(22)19-16(17-10)21-13(18-15(23)9-24-2)8-11(20-21)12-5-4-6-25-12/h4-6,8,10,16-17H,3,7,9H2,1-2H3,(H,18,23)(H,19,22). The fourth-order valence-corrected chi connectivity index (χ4v) is 3.37. The molecule has 9 heteroatoms. The largest absolute Gasteiger partial charge is 0.375 e. The van der Waals surface area contributed by atoms with Crippen molar-refractivity contribution in [3.05, 3.63) is 23.6 Å². The first kappa shape index (κ1) is 17.6. The Morgan fingerprint density at radius 3 is 3.08 bits per heavy atom. The lowest BCUT2D eigenvalue weighted by Gasteiger charge is -2.31. The Bertz CT molecular complexity index is 743. The van der Waals surface area contributed by atoms with Gasteiger partial charge in [0.15, 0.2) is 6.29 Å². The third-order valence-electron chi connectivity index (χ3n) is 3.91. The molecule has 1 saturated heterocycles. The molecular formula is C16H21N5O3S. The smallest absolute Gasteiger partial charge is 0.251 e. The number of hydrogen-bond donors (Lipinski definition) is 3. The molecule has 0 aliphatic carbocycles. The van der Waals surface area contributed by atoms with E-state index in [-0.39, 0.29) is 24.5 Å². The fourth-order valence-electron chi connectivity index (χ4n) is 2.69. The zero-order valence-corrected chi connectivity index (χ0v) is 14.9. The maximum atomic E-state index is 12.0. The Balaban J connectivity index is 1.92. The van der Waals surface area contributed by atoms with Gasteiger partial charge < -0.3 is 15.4 Å². The second-order valence-electron chi connectivity index (χ2n) is 5.76. The number of methoxy groups -OCH3 is 1. The highest BCUT2D eigenvalue weighted by Gasteiger charge is 2.28. The minimum atomic E-state index is -0.516. The van der Waals surface area contributed by atoms with Gasteiger partial charge in [0, 0.05) is 25.6 Å². The van der Waals surface area contributed by atoms with Crippen LogP contribution in [-0.2, 0) is 14.3 Å². The number of rotatable bonds is 6. The number of carbonyl (C=O) groups excluding carboxylic acids is 2. The average molecular weight is 363 g/mol. The molecule has 3 heterocycles. The van der Waals surface area contributed by atoms with Crippen LogP contribution in [0.25, 0.3) is 10.6 Å². The molecule has 134 valence electrons. The Morgan fingerprint density at radius 2 is 2.40 bits per heavy atom. The lowest BCUT2D eigenvalue weighted by molar-refractivity contribution is -0.125. The van der Waals surface area contributed by atoms with Gasteiger partial charge in [0.2, 0.25) is 5.91 Å². The van der Waals surface area contributed by atoms with Crippen molar-refractivity contribution in [3.8, 4) is 10.6 Å². The molecule has 0 saturated carbocycles. The zero-order chi connectivity index (χ0) is 17.8. The van der Waals surface area contributed by atoms with Crippen LogP contribution in [0.2, 0.25) is 0 Å². The molecule has 2 unspecified atom stereocenters. The third-order valence-corrected chi connectivity index (χ3v) is 4.81. The number of aromatic nitrogens is 2. The summed E-state index contributed by atoms with van der Waals surface area (Å²) in [5, 5.41) is 15.6. The van der Waals surface area contributed by atoms with Crippen LogP contribution in [0.15, 0.2) is 23.6 Å². The number of thiophene rings is 1. The Morgan fingerprint density at radius 1 is 1.56 bits per heavy atom. The molecule has 8 nitrogen and oxygen atoms in total. The normalized spacial score (nSPS) is 20.3. The predicted molar refractivity (Wildman–Crippen MR) is 95.1 cm³/mol. The van der Waals surface area contributed by atoms with Crippen LogP contribution in [0.1, 0.15) is 26.1 Å². The van der Waals surface area contributed by atoms with E-state index < -0.39 is 6.29 Å². The van der Waals surface area contributed by atoms with Crippen LogP contribution < -0.4 is 16.0 Å². The van der Waals surface area contributed by atoms with E-state index in [0.29, 0.717) is 12.2 Å². The van der Waals surface area contributed by atoms with Crippen LogP contribution >= 0.6 is 11.3 Å². The summed E-state index contributed by atoms with van der Waals surface area (Å²) in [4.78, 5) is 24.9. The summed E-state index contributed by atoms with van der Waals surface area (Å²) in [6.07, 6.45) is 0.740. The monoisotopic (exact) mass is 363 g/mol. The van der Waals surface area contributed by atoms with E-state index in [4.69, 9.17) is 4.74 Å². The van der Waals surface area contributed by atoms with E-state index in [1.54, 1.807) is 22.1 Å². The Labute approximate surface area is 149 Å². The van der Waals surface area contributed by atoms with Gasteiger partial charge >= 0.3 is 0 Å². The number of nitrogens with one attached hydrogen (secondary N) is 3. The Kier molecular flexibility index (Phi) is 5.47. The molecule has 1 fully saturated rings. The first-order chi connectivity index (χ1) is 12.1. The quantitative estimate of drug-likeness (QED) is 0.723. The fraction of sp³-hybridized carbons (Fsp3) is 0.438. The molecule has 3 N–H and O–H groups in total. The summed E-state index contributed by atoms with van der Waals surface area (Å²) >= 11 is 1.56. The van der Waals surface area contributed by atoms with Crippen molar-refractivity contribution in [2.24, 2.45) is 0 Å². The van der Waals surface area contributed by atoms with Gasteiger partial charge in [-0.1, -0.05) is 13.0 Å². The second-order valence-corrected chi connectivity index (χ2v) is 6.71. The van der Waals surface area contributed by atoms with E-state index in [2.05, 4.69) is 21.0 Å². The molecule has 25 heavy (non-hydrogen) atoms. The summed E-state index contributed by atoms with van der Waals surface area (Å²) < 4.78 is 6.47. The van der Waals surface area contributed by atoms with Gasteiger partial charge in [0.1, 0.15) is 18.1 Å². The van der Waals surface area contributed by atoms with Crippen molar-refractivity contribution in [1.29, 1.82) is 0 Å². The van der Waals surface area contributed by atoms with Gasteiger partial charge in [-0.05, 0) is 17.9 Å². The molecule has 0 bridgehead atoms. The van der Waals surface area contributed by atoms with Gasteiger partial charge in [-0.15, -0.1) is 11.3 Å². The van der Waals surface area contributed by atoms with E-state index in [9.17, 15) is 9.59 Å². The van der Waals surface area contributed by atoms with Crippen molar-refractivity contribution in [2.45, 2.75) is 32.1 Å². The summed E-state index contributed by atoms with van der Waals surface area (Å²) in [5.41, 5.74) is 0.734. The van der Waals surface area contributed by atoms with Crippen LogP contribution in [-0.4, -0.2) is 41.4 Å². The van der Waals surface area contributed by atoms with Crippen LogP contribution in [0.4, 0.5) is 5.82 Å². The molecule has 2 aromatic heterocycles. The summed E-state index contributed by atoms with van der Waals surface area (Å²) in [7, 11) is 1.46. The molecule has 2 amide bonds. The number of amides is 2. The number of ether oxygens (including phenoxy) is 1. The minimum absolute atomic E-state index is 0.0436. The molecule has 0 spiro atoms. The molecule has 2 atom stereocenters. The first-order valence-electron chi connectivity index (χ1n) is 8.08. The highest BCUT2D eigenvalue weighted by atomic mass is 32.1. The molecule has 2 aromatic rings. The SMILES string of the molecule is CCC1CC(=O)NC(n2nc(-c3cccs3)cc2NC(=O)COC)N1. The molecule has 1 aliphatic heterocycles. The highest BCUT2D eigenvalue weighted by molar-refractivity contribution is 7.13. The predicted octanol–water partition coefficient (Wildman–Crippen LogP) is 1.54. The molecule has 3 rings (SSSR count). The van der Waals surface area contributed by atoms with Crippen LogP contribution in [0.3, 0.4) is 0 Å². The lowest BCUT2D eigenvalue weighted by atomic mass is 10.1. The maximum Gasteiger partial charge on any atom is 0.251 e. The lowest BCUT2D eigenvalue weighted by Crippen LogP contribution is -2.53. The third kappa shape index (κ3) is 4.06. The summed E-state index contributed by atoms with van der Waals surface area (Å²) in [5.74, 6) is 0.175. The molecular weight excluding hydrogens is 342 g/mol. The number of hydrogen-bond acceptors (Lipinski definition) is 6. The maximum absolute atomic E-state index is 12.0. The van der Waals surface area contributed by atoms with Crippen molar-refractivity contribution in [2.75, 3.05) is 19.0 Å². The zero-order valence-electron chi connectivity index (χ0n) is 14.1. The second kappa shape index (κ2) is 7.77. The summed E-state index contributed by atoms with van der Waals surface area (Å²) in [6, 6.07) is 5.76. The van der Waals surface area contributed by atoms with Crippen molar-refractivity contribution in [1.82, 2.24) is 20.4 Å². The van der Waals surface area contributed by atoms with Gasteiger partial charge in [0.25, 0.3) is 5.91 Å².